The van der Waals surface area contributed by atoms with Crippen LogP contribution in [-0.4, -0.2) is 42.5 Å². The van der Waals surface area contributed by atoms with Gasteiger partial charge >= 0.3 is 0 Å². The van der Waals surface area contributed by atoms with Gasteiger partial charge in [-0.25, -0.2) is 0 Å². The molecule has 0 unspecified atom stereocenters. The maximum Gasteiger partial charge on any atom is 0.225 e. The van der Waals surface area contributed by atoms with Crippen LogP contribution in [0, 0.1) is 5.41 Å². The Bertz CT molecular complexity index is 558. The van der Waals surface area contributed by atoms with E-state index in [9.17, 15) is 9.59 Å². The maximum absolute atomic E-state index is 12.3. The van der Waals surface area contributed by atoms with Crippen LogP contribution in [0.3, 0.4) is 0 Å². The van der Waals surface area contributed by atoms with Crippen molar-refractivity contribution in [3.8, 4) is 5.75 Å². The van der Waals surface area contributed by atoms with Gasteiger partial charge in [-0.3, -0.25) is 9.59 Å². The zero-order valence-electron chi connectivity index (χ0n) is 15.6. The minimum absolute atomic E-state index is 0.000491. The molecule has 5 nitrogen and oxygen atoms in total. The fourth-order valence-corrected chi connectivity index (χ4v) is 2.96. The summed E-state index contributed by atoms with van der Waals surface area (Å²) in [6.45, 7) is 7.97. The second-order valence-corrected chi connectivity index (χ2v) is 7.87. The van der Waals surface area contributed by atoms with Gasteiger partial charge in [0.15, 0.2) is 0 Å². The van der Waals surface area contributed by atoms with Crippen molar-refractivity contribution in [3.05, 3.63) is 30.3 Å². The monoisotopic (exact) mass is 346 g/mol. The number of nitrogens with zero attached hydrogens (tertiary/aromatic N) is 1. The first-order chi connectivity index (χ1) is 11.8. The molecule has 138 valence electrons. The lowest BCUT2D eigenvalue weighted by molar-refractivity contribution is -0.133. The molecule has 0 bridgehead atoms. The highest BCUT2D eigenvalue weighted by molar-refractivity contribution is 5.77. The number of carbonyl (C=O) groups excluding carboxylic acids is 2. The molecule has 0 aliphatic carbocycles. The van der Waals surface area contributed by atoms with Crippen LogP contribution in [-0.2, 0) is 9.59 Å². The Balaban J connectivity index is 1.65. The standard InChI is InChI=1S/C20H30N2O3/c1-20(2,3)15-18(23)21-16-9-12-22(13-10-16)19(24)11-14-25-17-7-5-4-6-8-17/h4-8,16H,9-15H2,1-3H3,(H,21,23). The summed E-state index contributed by atoms with van der Waals surface area (Å²) in [5.41, 5.74) is -0.000491. The second-order valence-electron chi connectivity index (χ2n) is 7.87. The summed E-state index contributed by atoms with van der Waals surface area (Å²) in [6, 6.07) is 9.71. The topological polar surface area (TPSA) is 58.6 Å². The van der Waals surface area contributed by atoms with Crippen LogP contribution in [0.1, 0.15) is 46.5 Å². The molecule has 5 heteroatoms. The zero-order chi connectivity index (χ0) is 18.3. The van der Waals surface area contributed by atoms with Gasteiger partial charge in [-0.15, -0.1) is 0 Å². The molecular weight excluding hydrogens is 316 g/mol. The van der Waals surface area contributed by atoms with E-state index in [0.717, 1.165) is 18.6 Å². The number of hydrogen-bond donors (Lipinski definition) is 1. The minimum atomic E-state index is -0.000491. The van der Waals surface area contributed by atoms with Crippen molar-refractivity contribution in [1.29, 1.82) is 0 Å². The summed E-state index contributed by atoms with van der Waals surface area (Å²) in [6.07, 6.45) is 2.56. The van der Waals surface area contributed by atoms with E-state index in [4.69, 9.17) is 4.74 Å². The molecule has 1 N–H and O–H groups in total. The van der Waals surface area contributed by atoms with Gasteiger partial charge in [-0.05, 0) is 30.4 Å². The Labute approximate surface area is 150 Å². The van der Waals surface area contributed by atoms with Crippen molar-refractivity contribution in [1.82, 2.24) is 10.2 Å². The molecule has 0 atom stereocenters. The van der Waals surface area contributed by atoms with E-state index >= 15 is 0 Å². The highest BCUT2D eigenvalue weighted by atomic mass is 16.5. The van der Waals surface area contributed by atoms with E-state index in [1.54, 1.807) is 0 Å². The molecule has 2 rings (SSSR count). The van der Waals surface area contributed by atoms with Crippen LogP contribution in [0.15, 0.2) is 30.3 Å². The summed E-state index contributed by atoms with van der Waals surface area (Å²) in [7, 11) is 0. The van der Waals surface area contributed by atoms with Gasteiger partial charge in [-0.2, -0.15) is 0 Å². The van der Waals surface area contributed by atoms with E-state index in [1.165, 1.54) is 0 Å². The van der Waals surface area contributed by atoms with Gasteiger partial charge in [-0.1, -0.05) is 39.0 Å². The predicted octanol–water partition coefficient (Wildman–Crippen LogP) is 3.00. The molecule has 1 fully saturated rings. The number of carbonyl (C=O) groups is 2. The normalized spacial score (nSPS) is 15.7. The molecule has 1 heterocycles. The Kier molecular flexibility index (Phi) is 6.85. The molecule has 1 aromatic carbocycles. The Morgan fingerprint density at radius 2 is 1.80 bits per heavy atom. The Morgan fingerprint density at radius 1 is 1.16 bits per heavy atom. The Morgan fingerprint density at radius 3 is 2.40 bits per heavy atom. The third-order valence-electron chi connectivity index (χ3n) is 4.23. The number of nitrogens with one attached hydrogen (secondary N) is 1. The van der Waals surface area contributed by atoms with Gasteiger partial charge in [0.25, 0.3) is 0 Å². The molecule has 0 aromatic heterocycles. The fraction of sp³-hybridized carbons (Fsp3) is 0.600. The lowest BCUT2D eigenvalue weighted by atomic mass is 9.91. The molecule has 0 radical (unpaired) electrons. The van der Waals surface area contributed by atoms with Gasteiger partial charge in [0.1, 0.15) is 5.75 Å². The first-order valence-electron chi connectivity index (χ1n) is 9.08. The summed E-state index contributed by atoms with van der Waals surface area (Å²) in [5.74, 6) is 1.01. The maximum atomic E-state index is 12.3. The van der Waals surface area contributed by atoms with Crippen molar-refractivity contribution in [2.75, 3.05) is 19.7 Å². The van der Waals surface area contributed by atoms with Crippen molar-refractivity contribution in [2.45, 2.75) is 52.5 Å². The van der Waals surface area contributed by atoms with Crippen molar-refractivity contribution >= 4 is 11.8 Å². The van der Waals surface area contributed by atoms with Crippen LogP contribution >= 0.6 is 0 Å². The third kappa shape index (κ3) is 7.16. The molecule has 25 heavy (non-hydrogen) atoms. The number of ether oxygens (including phenoxy) is 1. The molecular formula is C20H30N2O3. The predicted molar refractivity (Wildman–Crippen MR) is 98.4 cm³/mol. The van der Waals surface area contributed by atoms with E-state index in [1.807, 2.05) is 35.2 Å². The van der Waals surface area contributed by atoms with Gasteiger partial charge < -0.3 is 15.0 Å². The molecule has 1 saturated heterocycles. The van der Waals surface area contributed by atoms with Crippen molar-refractivity contribution < 1.29 is 14.3 Å². The number of amides is 2. The molecule has 0 saturated carbocycles. The first kappa shape index (κ1) is 19.3. The second kappa shape index (κ2) is 8.88. The van der Waals surface area contributed by atoms with Crippen LogP contribution in [0.5, 0.6) is 5.75 Å². The number of benzene rings is 1. The van der Waals surface area contributed by atoms with Crippen molar-refractivity contribution in [3.63, 3.8) is 0 Å². The number of para-hydroxylation sites is 1. The average molecular weight is 346 g/mol. The Hall–Kier alpha value is -2.04. The van der Waals surface area contributed by atoms with Crippen molar-refractivity contribution in [2.24, 2.45) is 5.41 Å². The quantitative estimate of drug-likeness (QED) is 0.861. The smallest absolute Gasteiger partial charge is 0.225 e. The molecule has 2 amide bonds. The molecule has 1 aromatic rings. The first-order valence-corrected chi connectivity index (χ1v) is 9.08. The summed E-state index contributed by atoms with van der Waals surface area (Å²) < 4.78 is 5.58. The molecule has 1 aliphatic heterocycles. The molecule has 1 aliphatic rings. The summed E-state index contributed by atoms with van der Waals surface area (Å²) in [4.78, 5) is 26.1. The number of rotatable bonds is 6. The highest BCUT2D eigenvalue weighted by Gasteiger charge is 2.25. The van der Waals surface area contributed by atoms with Gasteiger partial charge in [0.2, 0.25) is 11.8 Å². The largest absolute Gasteiger partial charge is 0.493 e. The average Bonchev–Trinajstić information content (AvgIpc) is 2.54. The fourth-order valence-electron chi connectivity index (χ4n) is 2.96. The van der Waals surface area contributed by atoms with Crippen LogP contribution < -0.4 is 10.1 Å². The highest BCUT2D eigenvalue weighted by Crippen LogP contribution is 2.19. The zero-order valence-corrected chi connectivity index (χ0v) is 15.6. The van der Waals surface area contributed by atoms with E-state index < -0.39 is 0 Å². The van der Waals surface area contributed by atoms with Gasteiger partial charge in [0, 0.05) is 25.6 Å². The number of piperidine rings is 1. The van der Waals surface area contributed by atoms with Gasteiger partial charge in [0.05, 0.1) is 13.0 Å². The number of likely N-dealkylation sites (tertiary alicyclic amines) is 1. The van der Waals surface area contributed by atoms with E-state index in [2.05, 4.69) is 26.1 Å². The minimum Gasteiger partial charge on any atom is -0.493 e. The summed E-state index contributed by atoms with van der Waals surface area (Å²) in [5, 5.41) is 3.10. The van der Waals surface area contributed by atoms with Crippen LogP contribution in [0.25, 0.3) is 0 Å². The lowest BCUT2D eigenvalue weighted by Gasteiger charge is -2.33. The SMILES string of the molecule is CC(C)(C)CC(=O)NC1CCN(C(=O)CCOc2ccccc2)CC1. The number of hydrogen-bond acceptors (Lipinski definition) is 3. The van der Waals surface area contributed by atoms with E-state index in [0.29, 0.717) is 32.5 Å². The summed E-state index contributed by atoms with van der Waals surface area (Å²) >= 11 is 0. The molecule has 0 spiro atoms. The third-order valence-corrected chi connectivity index (χ3v) is 4.23. The van der Waals surface area contributed by atoms with Crippen LogP contribution in [0.2, 0.25) is 0 Å². The van der Waals surface area contributed by atoms with E-state index in [-0.39, 0.29) is 23.3 Å². The lowest BCUT2D eigenvalue weighted by Crippen LogP contribution is -2.47. The van der Waals surface area contributed by atoms with Crippen LogP contribution in [0.4, 0.5) is 0 Å².